The Bertz CT molecular complexity index is 915. The van der Waals surface area contributed by atoms with Crippen LogP contribution in [0.1, 0.15) is 22.3 Å². The Morgan fingerprint density at radius 1 is 1.24 bits per heavy atom. The maximum atomic E-state index is 11.5. The van der Waals surface area contributed by atoms with Crippen molar-refractivity contribution < 1.29 is 4.79 Å². The number of nitrogens with zero attached hydrogens (tertiary/aromatic N) is 2. The minimum absolute atomic E-state index is 0.300. The zero-order valence-corrected chi connectivity index (χ0v) is 13.9. The average molecular weight is 335 g/mol. The van der Waals surface area contributed by atoms with Gasteiger partial charge in [-0.1, -0.05) is 30.3 Å². The van der Waals surface area contributed by atoms with Crippen LogP contribution in [0.4, 0.5) is 0 Å². The van der Waals surface area contributed by atoms with E-state index in [9.17, 15) is 4.79 Å². The van der Waals surface area contributed by atoms with Crippen molar-refractivity contribution in [1.29, 1.82) is 0 Å². The summed E-state index contributed by atoms with van der Waals surface area (Å²) in [5.74, 6) is 0.265. The van der Waals surface area contributed by atoms with Gasteiger partial charge in [-0.25, -0.2) is 4.98 Å². The van der Waals surface area contributed by atoms with Crippen LogP contribution in [0.15, 0.2) is 42.5 Å². The number of aromatic nitrogens is 2. The van der Waals surface area contributed by atoms with Crippen LogP contribution >= 0.6 is 0 Å². The Morgan fingerprint density at radius 3 is 2.72 bits per heavy atom. The normalized spacial score (nSPS) is 18.0. The van der Waals surface area contributed by atoms with E-state index in [0.717, 1.165) is 43.0 Å². The Morgan fingerprint density at radius 2 is 2.04 bits per heavy atom. The fourth-order valence-electron chi connectivity index (χ4n) is 3.40. The molecular weight excluding hydrogens is 314 g/mol. The summed E-state index contributed by atoms with van der Waals surface area (Å²) in [6.45, 7) is 2.93. The minimum Gasteiger partial charge on any atom is -0.366 e. The molecule has 1 fully saturated rings. The number of para-hydroxylation sites is 1. The van der Waals surface area contributed by atoms with Gasteiger partial charge in [0.1, 0.15) is 11.3 Å². The van der Waals surface area contributed by atoms with E-state index in [1.54, 1.807) is 12.1 Å². The number of benzene rings is 2. The quantitative estimate of drug-likeness (QED) is 0.677. The topological polar surface area (TPSA) is 101 Å². The zero-order valence-electron chi connectivity index (χ0n) is 13.9. The van der Waals surface area contributed by atoms with Crippen LogP contribution in [0.2, 0.25) is 0 Å². The van der Waals surface area contributed by atoms with Crippen molar-refractivity contribution in [1.82, 2.24) is 14.9 Å². The second-order valence-corrected chi connectivity index (χ2v) is 6.63. The Balaban J connectivity index is 1.58. The van der Waals surface area contributed by atoms with Crippen LogP contribution in [-0.4, -0.2) is 39.9 Å². The number of aromatic amines is 1. The number of amides is 1. The van der Waals surface area contributed by atoms with Gasteiger partial charge in [0.2, 0.25) is 0 Å². The molecule has 1 aliphatic rings. The maximum Gasteiger partial charge on any atom is 0.250 e. The molecular formula is C19H21N5O. The number of primary amides is 1. The fraction of sp³-hybridized carbons (Fsp3) is 0.263. The summed E-state index contributed by atoms with van der Waals surface area (Å²) < 4.78 is 0. The molecule has 0 spiro atoms. The second-order valence-electron chi connectivity index (χ2n) is 6.63. The van der Waals surface area contributed by atoms with Crippen molar-refractivity contribution in [2.45, 2.75) is 19.0 Å². The molecule has 6 nitrogen and oxygen atoms in total. The third-order valence-electron chi connectivity index (χ3n) is 4.72. The molecule has 25 heavy (non-hydrogen) atoms. The molecule has 4 rings (SSSR count). The number of carbonyl (C=O) groups is 1. The Hall–Kier alpha value is -2.70. The first-order chi connectivity index (χ1) is 12.1. The van der Waals surface area contributed by atoms with Crippen LogP contribution < -0.4 is 11.5 Å². The first-order valence-corrected chi connectivity index (χ1v) is 8.46. The average Bonchev–Trinajstić information content (AvgIpc) is 3.21. The first kappa shape index (κ1) is 15.8. The van der Waals surface area contributed by atoms with Crippen molar-refractivity contribution in [3.63, 3.8) is 0 Å². The summed E-state index contributed by atoms with van der Waals surface area (Å²) in [5, 5.41) is 0. The van der Waals surface area contributed by atoms with E-state index in [-0.39, 0.29) is 0 Å². The highest BCUT2D eigenvalue weighted by Gasteiger charge is 2.19. The lowest BCUT2D eigenvalue weighted by atomic mass is 10.1. The van der Waals surface area contributed by atoms with Crippen LogP contribution in [-0.2, 0) is 6.54 Å². The number of likely N-dealkylation sites (tertiary alicyclic amines) is 1. The number of fused-ring (bicyclic) bond motifs is 1. The van der Waals surface area contributed by atoms with Crippen LogP contribution in [0.25, 0.3) is 22.4 Å². The van der Waals surface area contributed by atoms with Gasteiger partial charge < -0.3 is 16.5 Å². The third kappa shape index (κ3) is 3.14. The number of nitrogens with two attached hydrogens (primary N) is 2. The van der Waals surface area contributed by atoms with E-state index in [1.807, 2.05) is 18.2 Å². The molecule has 6 heteroatoms. The molecule has 0 radical (unpaired) electrons. The van der Waals surface area contributed by atoms with Gasteiger partial charge in [-0.2, -0.15) is 0 Å². The number of nitrogens with one attached hydrogen (secondary N) is 1. The lowest BCUT2D eigenvalue weighted by Gasteiger charge is -2.15. The van der Waals surface area contributed by atoms with Crippen molar-refractivity contribution >= 4 is 16.9 Å². The molecule has 2 heterocycles. The number of carbonyl (C=O) groups excluding carboxylic acids is 1. The summed E-state index contributed by atoms with van der Waals surface area (Å²) >= 11 is 0. The highest BCUT2D eigenvalue weighted by molar-refractivity contribution is 6.04. The number of H-pyrrole nitrogens is 1. The molecule has 128 valence electrons. The van der Waals surface area contributed by atoms with Crippen LogP contribution in [0.5, 0.6) is 0 Å². The van der Waals surface area contributed by atoms with Gasteiger partial charge in [0.25, 0.3) is 5.91 Å². The lowest BCUT2D eigenvalue weighted by Crippen LogP contribution is -2.26. The molecule has 1 saturated heterocycles. The number of hydrogen-bond donors (Lipinski definition) is 3. The summed E-state index contributed by atoms with van der Waals surface area (Å²) in [6, 6.07) is 14.0. The Kier molecular flexibility index (Phi) is 3.99. The molecule has 1 aliphatic heterocycles. The van der Waals surface area contributed by atoms with Crippen LogP contribution in [0, 0.1) is 0 Å². The molecule has 0 bridgehead atoms. The molecule has 0 aliphatic carbocycles. The fourth-order valence-corrected chi connectivity index (χ4v) is 3.40. The van der Waals surface area contributed by atoms with Gasteiger partial charge in [-0.15, -0.1) is 0 Å². The predicted octanol–water partition coefficient (Wildman–Crippen LogP) is 1.86. The van der Waals surface area contributed by atoms with Gasteiger partial charge in [-0.3, -0.25) is 9.69 Å². The van der Waals surface area contributed by atoms with E-state index in [0.29, 0.717) is 17.1 Å². The summed E-state index contributed by atoms with van der Waals surface area (Å²) in [7, 11) is 0. The van der Waals surface area contributed by atoms with E-state index in [2.05, 4.69) is 27.0 Å². The van der Waals surface area contributed by atoms with E-state index in [4.69, 9.17) is 11.5 Å². The van der Waals surface area contributed by atoms with Crippen LogP contribution in [0.3, 0.4) is 0 Å². The molecule has 1 amide bonds. The standard InChI is InChI=1S/C19H21N5O/c20-14-8-9-24(11-14)10-12-4-6-13(7-5-12)19-22-16-3-1-2-15(18(21)25)17(16)23-19/h1-7,14H,8-11,20H2,(H2,21,25)(H,22,23). The number of imidazole rings is 1. The van der Waals surface area contributed by atoms with Gasteiger partial charge in [-0.05, 0) is 24.1 Å². The second kappa shape index (κ2) is 6.31. The summed E-state index contributed by atoms with van der Waals surface area (Å²) in [4.78, 5) is 21.7. The number of rotatable bonds is 4. The van der Waals surface area contributed by atoms with Gasteiger partial charge >= 0.3 is 0 Å². The third-order valence-corrected chi connectivity index (χ3v) is 4.72. The van der Waals surface area contributed by atoms with Gasteiger partial charge in [0.15, 0.2) is 0 Å². The zero-order chi connectivity index (χ0) is 17.4. The van der Waals surface area contributed by atoms with E-state index >= 15 is 0 Å². The van der Waals surface area contributed by atoms with E-state index in [1.165, 1.54) is 5.56 Å². The molecule has 0 saturated carbocycles. The lowest BCUT2D eigenvalue weighted by molar-refractivity contribution is 0.100. The predicted molar refractivity (Wildman–Crippen MR) is 97.9 cm³/mol. The SMILES string of the molecule is NC(=O)c1cccc2[nH]c(-c3ccc(CN4CCC(N)C4)cc3)nc12. The number of hydrogen-bond acceptors (Lipinski definition) is 4. The van der Waals surface area contributed by atoms with Crippen molar-refractivity contribution in [2.24, 2.45) is 11.5 Å². The largest absolute Gasteiger partial charge is 0.366 e. The first-order valence-electron chi connectivity index (χ1n) is 8.46. The maximum absolute atomic E-state index is 11.5. The minimum atomic E-state index is -0.470. The molecule has 1 atom stereocenters. The Labute approximate surface area is 145 Å². The molecule has 1 unspecified atom stereocenters. The smallest absolute Gasteiger partial charge is 0.250 e. The van der Waals surface area contributed by atoms with E-state index < -0.39 is 5.91 Å². The molecule has 1 aromatic heterocycles. The van der Waals surface area contributed by atoms with Crippen molar-refractivity contribution in [2.75, 3.05) is 13.1 Å². The highest BCUT2D eigenvalue weighted by atomic mass is 16.1. The molecule has 2 aromatic carbocycles. The molecule has 5 N–H and O–H groups in total. The van der Waals surface area contributed by atoms with Gasteiger partial charge in [0.05, 0.1) is 11.1 Å². The summed E-state index contributed by atoms with van der Waals surface area (Å²) in [6.07, 6.45) is 1.07. The van der Waals surface area contributed by atoms with Gasteiger partial charge in [0, 0.05) is 31.2 Å². The van der Waals surface area contributed by atoms with Crippen molar-refractivity contribution in [3.05, 3.63) is 53.6 Å². The summed E-state index contributed by atoms with van der Waals surface area (Å²) in [5.41, 5.74) is 15.5. The highest BCUT2D eigenvalue weighted by Crippen LogP contribution is 2.23. The van der Waals surface area contributed by atoms with Crippen molar-refractivity contribution in [3.8, 4) is 11.4 Å². The molecule has 3 aromatic rings. The monoisotopic (exact) mass is 335 g/mol.